The van der Waals surface area contributed by atoms with Crippen molar-refractivity contribution in [2.24, 2.45) is 0 Å². The zero-order valence-corrected chi connectivity index (χ0v) is 28.6. The smallest absolute Gasteiger partial charge is 0.164 e. The van der Waals surface area contributed by atoms with Crippen LogP contribution in [0.3, 0.4) is 0 Å². The Morgan fingerprint density at radius 2 is 0.981 bits per heavy atom. The first-order valence-corrected chi connectivity index (χ1v) is 18.2. The van der Waals surface area contributed by atoms with Crippen LogP contribution in [0.4, 0.5) is 0 Å². The minimum absolute atomic E-state index is 0.632. The maximum Gasteiger partial charge on any atom is 0.164 e. The summed E-state index contributed by atoms with van der Waals surface area (Å²) < 4.78 is 8.68. The standard InChI is InChI=1S/C47H27N3OS/c1-2-10-34-29(8-1)18-19-30-9-7-13-39(44(30)34)47-49-45(48-46(50-47)33-23-25-38-37-12-4-6-15-42(37)52-43(38)27-33)31-20-16-28(17-21-31)32-22-24-36-35-11-3-5-14-40(35)51-41(36)26-32/h1-27H. The molecule has 0 bridgehead atoms. The lowest BCUT2D eigenvalue weighted by molar-refractivity contribution is 0.669. The second-order valence-electron chi connectivity index (χ2n) is 13.2. The molecule has 0 aliphatic heterocycles. The molecule has 0 aliphatic carbocycles. The summed E-state index contributed by atoms with van der Waals surface area (Å²) in [4.78, 5) is 15.5. The zero-order valence-electron chi connectivity index (χ0n) is 27.7. The number of fused-ring (bicyclic) bond motifs is 9. The van der Waals surface area contributed by atoms with Crippen LogP contribution in [0.15, 0.2) is 168 Å². The van der Waals surface area contributed by atoms with Gasteiger partial charge in [-0.1, -0.05) is 133 Å². The van der Waals surface area contributed by atoms with Gasteiger partial charge in [0, 0.05) is 53.0 Å². The van der Waals surface area contributed by atoms with Crippen molar-refractivity contribution < 1.29 is 4.42 Å². The Bertz CT molecular complexity index is 3190. The number of benzene rings is 8. The molecular formula is C47H27N3OS. The molecule has 4 nitrogen and oxygen atoms in total. The van der Waals surface area contributed by atoms with Crippen LogP contribution in [0.2, 0.25) is 0 Å². The number of thiophene rings is 1. The monoisotopic (exact) mass is 681 g/mol. The van der Waals surface area contributed by atoms with Gasteiger partial charge in [0.1, 0.15) is 11.2 Å². The van der Waals surface area contributed by atoms with E-state index in [1.54, 1.807) is 11.3 Å². The average molecular weight is 682 g/mol. The van der Waals surface area contributed by atoms with Gasteiger partial charge in [0.25, 0.3) is 0 Å². The van der Waals surface area contributed by atoms with Crippen molar-refractivity contribution in [2.75, 3.05) is 0 Å². The second-order valence-corrected chi connectivity index (χ2v) is 14.3. The van der Waals surface area contributed by atoms with Crippen LogP contribution in [-0.4, -0.2) is 15.0 Å². The number of hydrogen-bond acceptors (Lipinski definition) is 5. The maximum atomic E-state index is 6.19. The molecule has 3 aromatic heterocycles. The van der Waals surface area contributed by atoms with E-state index in [-0.39, 0.29) is 0 Å². The summed E-state index contributed by atoms with van der Waals surface area (Å²) in [6.07, 6.45) is 0. The molecule has 0 amide bonds. The molecule has 5 heteroatoms. The molecule has 52 heavy (non-hydrogen) atoms. The zero-order chi connectivity index (χ0) is 34.2. The Morgan fingerprint density at radius 1 is 0.365 bits per heavy atom. The number of aromatic nitrogens is 3. The van der Waals surface area contributed by atoms with Gasteiger partial charge in [-0.3, -0.25) is 0 Å². The first-order valence-electron chi connectivity index (χ1n) is 17.3. The van der Waals surface area contributed by atoms with Crippen LogP contribution < -0.4 is 0 Å². The quantitative estimate of drug-likeness (QED) is 0.174. The van der Waals surface area contributed by atoms with Gasteiger partial charge in [-0.2, -0.15) is 0 Å². The first kappa shape index (κ1) is 29.1. The molecule has 0 spiro atoms. The van der Waals surface area contributed by atoms with Crippen molar-refractivity contribution in [3.05, 3.63) is 164 Å². The molecule has 0 saturated heterocycles. The summed E-state index contributed by atoms with van der Waals surface area (Å²) in [5.74, 6) is 1.93. The molecule has 0 N–H and O–H groups in total. The van der Waals surface area contributed by atoms with Crippen LogP contribution in [0.25, 0.3) is 109 Å². The van der Waals surface area contributed by atoms with Gasteiger partial charge in [-0.15, -0.1) is 11.3 Å². The molecule has 0 atom stereocenters. The molecule has 0 radical (unpaired) electrons. The number of hydrogen-bond donors (Lipinski definition) is 0. The van der Waals surface area contributed by atoms with Crippen molar-refractivity contribution in [2.45, 2.75) is 0 Å². The van der Waals surface area contributed by atoms with Gasteiger partial charge < -0.3 is 4.42 Å². The summed E-state index contributed by atoms with van der Waals surface area (Å²) in [7, 11) is 0. The van der Waals surface area contributed by atoms with Gasteiger partial charge in [-0.25, -0.2) is 15.0 Å². The van der Waals surface area contributed by atoms with Crippen molar-refractivity contribution >= 4 is 75.0 Å². The van der Waals surface area contributed by atoms with E-state index >= 15 is 0 Å². The first-order chi connectivity index (χ1) is 25.7. The summed E-state index contributed by atoms with van der Waals surface area (Å²) in [5, 5.41) is 9.42. The molecule has 0 aliphatic rings. The van der Waals surface area contributed by atoms with Gasteiger partial charge in [0.15, 0.2) is 17.5 Å². The normalized spacial score (nSPS) is 11.8. The third kappa shape index (κ3) is 4.64. The van der Waals surface area contributed by atoms with Crippen molar-refractivity contribution in [1.29, 1.82) is 0 Å². The number of nitrogens with zero attached hydrogens (tertiary/aromatic N) is 3. The van der Waals surface area contributed by atoms with Crippen molar-refractivity contribution in [1.82, 2.24) is 15.0 Å². The highest BCUT2D eigenvalue weighted by Crippen LogP contribution is 2.38. The molecule has 11 aromatic rings. The van der Waals surface area contributed by atoms with Crippen molar-refractivity contribution in [3.8, 4) is 45.3 Å². The van der Waals surface area contributed by atoms with Crippen LogP contribution in [0, 0.1) is 0 Å². The van der Waals surface area contributed by atoms with Gasteiger partial charge in [-0.05, 0) is 57.6 Å². The van der Waals surface area contributed by atoms with E-state index in [0.29, 0.717) is 17.5 Å². The lowest BCUT2D eigenvalue weighted by Gasteiger charge is -2.12. The Morgan fingerprint density at radius 3 is 1.88 bits per heavy atom. The summed E-state index contributed by atoms with van der Waals surface area (Å²) in [6, 6.07) is 57.5. The molecule has 8 aromatic carbocycles. The van der Waals surface area contributed by atoms with Crippen LogP contribution >= 0.6 is 11.3 Å². The Kier molecular flexibility index (Phi) is 6.39. The fourth-order valence-electron chi connectivity index (χ4n) is 7.58. The predicted molar refractivity (Wildman–Crippen MR) is 217 cm³/mol. The maximum absolute atomic E-state index is 6.19. The third-order valence-electron chi connectivity index (χ3n) is 10.1. The average Bonchev–Trinajstić information content (AvgIpc) is 3.78. The molecule has 0 fully saturated rings. The molecule has 0 saturated carbocycles. The van der Waals surface area contributed by atoms with Crippen LogP contribution in [0.1, 0.15) is 0 Å². The highest BCUT2D eigenvalue weighted by Gasteiger charge is 2.17. The van der Waals surface area contributed by atoms with E-state index < -0.39 is 0 Å². The van der Waals surface area contributed by atoms with Gasteiger partial charge in [0.05, 0.1) is 0 Å². The summed E-state index contributed by atoms with van der Waals surface area (Å²) in [5.41, 5.74) is 6.84. The largest absolute Gasteiger partial charge is 0.456 e. The SMILES string of the molecule is c1ccc2c(c1)ccc1cccc(-c3nc(-c4ccc(-c5ccc6c(c5)oc5ccccc56)cc4)nc(-c4ccc5c(c4)sc4ccccc45)n3)c12. The fourth-order valence-corrected chi connectivity index (χ4v) is 8.73. The highest BCUT2D eigenvalue weighted by atomic mass is 32.1. The molecule has 242 valence electrons. The summed E-state index contributed by atoms with van der Waals surface area (Å²) in [6.45, 7) is 0. The van der Waals surface area contributed by atoms with E-state index in [1.165, 1.54) is 30.9 Å². The number of para-hydroxylation sites is 1. The predicted octanol–water partition coefficient (Wildman–Crippen LogP) is 13.1. The van der Waals surface area contributed by atoms with Crippen LogP contribution in [-0.2, 0) is 0 Å². The van der Waals surface area contributed by atoms with E-state index in [4.69, 9.17) is 19.4 Å². The second kappa shape index (κ2) is 11.4. The van der Waals surface area contributed by atoms with E-state index in [1.807, 2.05) is 18.2 Å². The molecule has 0 unspecified atom stereocenters. The third-order valence-corrected chi connectivity index (χ3v) is 11.3. The van der Waals surface area contributed by atoms with Gasteiger partial charge >= 0.3 is 0 Å². The Hall–Kier alpha value is -6.69. The lowest BCUT2D eigenvalue weighted by atomic mass is 9.97. The Labute approximate surface area is 302 Å². The van der Waals surface area contributed by atoms with E-state index in [0.717, 1.165) is 60.5 Å². The Balaban J connectivity index is 1.07. The molecule has 3 heterocycles. The lowest BCUT2D eigenvalue weighted by Crippen LogP contribution is -2.00. The molecular weight excluding hydrogens is 655 g/mol. The van der Waals surface area contributed by atoms with Crippen molar-refractivity contribution in [3.63, 3.8) is 0 Å². The summed E-state index contributed by atoms with van der Waals surface area (Å²) >= 11 is 1.80. The highest BCUT2D eigenvalue weighted by molar-refractivity contribution is 7.25. The number of furan rings is 1. The van der Waals surface area contributed by atoms with Gasteiger partial charge in [0.2, 0.25) is 0 Å². The van der Waals surface area contributed by atoms with E-state index in [9.17, 15) is 0 Å². The fraction of sp³-hybridized carbons (Fsp3) is 0. The molecule has 11 rings (SSSR count). The number of rotatable bonds is 4. The topological polar surface area (TPSA) is 51.8 Å². The van der Waals surface area contributed by atoms with Crippen LogP contribution in [0.5, 0.6) is 0 Å². The van der Waals surface area contributed by atoms with E-state index in [2.05, 4.69) is 146 Å². The minimum atomic E-state index is 0.632. The minimum Gasteiger partial charge on any atom is -0.456 e.